The number of carboxylic acids is 1. The lowest BCUT2D eigenvalue weighted by Gasteiger charge is -2.17. The van der Waals surface area contributed by atoms with E-state index < -0.39 is 23.3 Å². The highest BCUT2D eigenvalue weighted by Crippen LogP contribution is 2.19. The number of aliphatic carboxylic acids is 1. The summed E-state index contributed by atoms with van der Waals surface area (Å²) in [6.45, 7) is 7.15. The van der Waals surface area contributed by atoms with E-state index in [1.54, 1.807) is 24.3 Å². The normalized spacial score (nSPS) is 11.9. The van der Waals surface area contributed by atoms with Gasteiger partial charge in [-0.1, -0.05) is 36.8 Å². The Labute approximate surface area is 191 Å². The number of carbonyl (C=O) groups is 1. The Morgan fingerprint density at radius 3 is 2.24 bits per heavy atom. The molecular formula is C24H28N4O5. The Hall–Kier alpha value is -3.88. The van der Waals surface area contributed by atoms with Crippen molar-refractivity contribution in [1.29, 1.82) is 0 Å². The van der Waals surface area contributed by atoms with Crippen LogP contribution in [0.3, 0.4) is 0 Å². The van der Waals surface area contributed by atoms with Gasteiger partial charge in [0.1, 0.15) is 5.75 Å². The number of hydrogen-bond donors (Lipinski definition) is 2. The van der Waals surface area contributed by atoms with Crippen molar-refractivity contribution in [3.63, 3.8) is 0 Å². The van der Waals surface area contributed by atoms with Gasteiger partial charge in [0, 0.05) is 12.2 Å². The molecule has 0 saturated carbocycles. The second-order valence-corrected chi connectivity index (χ2v) is 8.24. The number of nitrogens with zero attached hydrogens (tertiary/aromatic N) is 3. The Morgan fingerprint density at radius 2 is 1.67 bits per heavy atom. The van der Waals surface area contributed by atoms with Gasteiger partial charge in [-0.05, 0) is 50.6 Å². The molecule has 1 aromatic heterocycles. The summed E-state index contributed by atoms with van der Waals surface area (Å²) in [6, 6.07) is 14.7. The second kappa shape index (κ2) is 10.2. The number of aryl methyl sites for hydroxylation is 1. The molecule has 2 N–H and O–H groups in total. The molecule has 9 nitrogen and oxygen atoms in total. The standard InChI is InChI=1S/C24H28N4O5/c1-15(2)33-20-11-9-19(10-12-20)25-22-26-23(31)28(13-17(4)21(29)30)24(32)27(22)14-18-7-5-16(3)6-8-18/h5-12,15,17H,13-14H2,1-4H3,(H,29,30)(H,25,26,31)/t17-/m0/s1. The minimum atomic E-state index is -1.10. The summed E-state index contributed by atoms with van der Waals surface area (Å²) in [4.78, 5) is 41.2. The van der Waals surface area contributed by atoms with Crippen molar-refractivity contribution in [2.75, 3.05) is 5.32 Å². The summed E-state index contributed by atoms with van der Waals surface area (Å²) in [5.74, 6) is -1.25. The van der Waals surface area contributed by atoms with E-state index in [2.05, 4.69) is 10.3 Å². The van der Waals surface area contributed by atoms with Gasteiger partial charge in [-0.2, -0.15) is 4.98 Å². The van der Waals surface area contributed by atoms with Gasteiger partial charge < -0.3 is 15.2 Å². The van der Waals surface area contributed by atoms with Crippen molar-refractivity contribution >= 4 is 17.6 Å². The molecule has 0 radical (unpaired) electrons. The highest BCUT2D eigenvalue weighted by molar-refractivity contribution is 5.69. The number of nitrogens with one attached hydrogen (secondary N) is 1. The van der Waals surface area contributed by atoms with Gasteiger partial charge in [0.2, 0.25) is 5.95 Å². The molecule has 0 amide bonds. The maximum absolute atomic E-state index is 13.2. The first-order valence-electron chi connectivity index (χ1n) is 10.7. The molecule has 0 aliphatic heterocycles. The number of anilines is 2. The summed E-state index contributed by atoms with van der Waals surface area (Å²) in [6.07, 6.45) is 0.0333. The van der Waals surface area contributed by atoms with Crippen LogP contribution in [0, 0.1) is 12.8 Å². The molecule has 0 bridgehead atoms. The Balaban J connectivity index is 2.02. The van der Waals surface area contributed by atoms with E-state index in [9.17, 15) is 19.5 Å². The molecule has 0 aliphatic rings. The lowest BCUT2D eigenvalue weighted by Crippen LogP contribution is -2.44. The fraction of sp³-hybridized carbons (Fsp3) is 0.333. The highest BCUT2D eigenvalue weighted by atomic mass is 16.5. The first-order chi connectivity index (χ1) is 15.6. The lowest BCUT2D eigenvalue weighted by molar-refractivity contribution is -0.141. The molecule has 3 aromatic rings. The van der Waals surface area contributed by atoms with E-state index in [1.807, 2.05) is 45.0 Å². The maximum Gasteiger partial charge on any atom is 0.354 e. The van der Waals surface area contributed by atoms with Crippen molar-refractivity contribution in [2.45, 2.75) is 46.9 Å². The van der Waals surface area contributed by atoms with Crippen LogP contribution in [-0.2, 0) is 17.9 Å². The number of aromatic nitrogens is 3. The molecule has 0 fully saturated rings. The monoisotopic (exact) mass is 452 g/mol. The van der Waals surface area contributed by atoms with Crippen LogP contribution in [0.2, 0.25) is 0 Å². The Bertz CT molecular complexity index is 1230. The highest BCUT2D eigenvalue weighted by Gasteiger charge is 2.19. The number of rotatable bonds is 9. The smallest absolute Gasteiger partial charge is 0.354 e. The van der Waals surface area contributed by atoms with Crippen LogP contribution in [-0.4, -0.2) is 31.3 Å². The van der Waals surface area contributed by atoms with Crippen LogP contribution >= 0.6 is 0 Å². The molecule has 0 saturated heterocycles. The van der Waals surface area contributed by atoms with E-state index in [1.165, 1.54) is 11.5 Å². The van der Waals surface area contributed by atoms with E-state index in [4.69, 9.17) is 4.74 Å². The molecule has 3 rings (SSSR count). The summed E-state index contributed by atoms with van der Waals surface area (Å²) >= 11 is 0. The molecule has 0 spiro atoms. The predicted molar refractivity (Wildman–Crippen MR) is 125 cm³/mol. The third-order valence-corrected chi connectivity index (χ3v) is 4.97. The molecule has 9 heteroatoms. The van der Waals surface area contributed by atoms with Crippen LogP contribution in [0.5, 0.6) is 5.75 Å². The zero-order chi connectivity index (χ0) is 24.1. The average molecular weight is 453 g/mol. The van der Waals surface area contributed by atoms with Gasteiger partial charge in [-0.25, -0.2) is 14.2 Å². The van der Waals surface area contributed by atoms with Crippen molar-refractivity contribution in [3.05, 3.63) is 80.6 Å². The maximum atomic E-state index is 13.2. The molecule has 1 atom stereocenters. The second-order valence-electron chi connectivity index (χ2n) is 8.24. The van der Waals surface area contributed by atoms with Crippen molar-refractivity contribution in [3.8, 4) is 5.75 Å². The van der Waals surface area contributed by atoms with Crippen LogP contribution in [0.25, 0.3) is 0 Å². The van der Waals surface area contributed by atoms with Gasteiger partial charge in [-0.15, -0.1) is 0 Å². The fourth-order valence-electron chi connectivity index (χ4n) is 3.17. The summed E-state index contributed by atoms with van der Waals surface area (Å²) in [5.41, 5.74) is 1.09. The van der Waals surface area contributed by atoms with E-state index >= 15 is 0 Å². The van der Waals surface area contributed by atoms with Gasteiger partial charge in [0.05, 0.1) is 18.6 Å². The minimum Gasteiger partial charge on any atom is -0.491 e. The van der Waals surface area contributed by atoms with E-state index in [0.717, 1.165) is 15.7 Å². The lowest BCUT2D eigenvalue weighted by atomic mass is 10.1. The number of ether oxygens (including phenoxy) is 1. The molecule has 0 aliphatic carbocycles. The molecule has 174 valence electrons. The van der Waals surface area contributed by atoms with Crippen LogP contribution in [0.4, 0.5) is 11.6 Å². The zero-order valence-corrected chi connectivity index (χ0v) is 19.1. The Morgan fingerprint density at radius 1 is 1.03 bits per heavy atom. The number of hydrogen-bond acceptors (Lipinski definition) is 6. The summed E-state index contributed by atoms with van der Waals surface area (Å²) < 4.78 is 7.83. The van der Waals surface area contributed by atoms with Gasteiger partial charge >= 0.3 is 17.3 Å². The summed E-state index contributed by atoms with van der Waals surface area (Å²) in [7, 11) is 0. The third kappa shape index (κ3) is 6.09. The van der Waals surface area contributed by atoms with Crippen LogP contribution < -0.4 is 21.4 Å². The molecule has 33 heavy (non-hydrogen) atoms. The van der Waals surface area contributed by atoms with E-state index in [-0.39, 0.29) is 25.1 Å². The number of carboxylic acid groups (broad SMARTS) is 1. The quantitative estimate of drug-likeness (QED) is 0.513. The van der Waals surface area contributed by atoms with E-state index in [0.29, 0.717) is 11.4 Å². The average Bonchev–Trinajstić information content (AvgIpc) is 2.76. The summed E-state index contributed by atoms with van der Waals surface area (Å²) in [5, 5.41) is 12.3. The first kappa shape index (κ1) is 23.8. The first-order valence-corrected chi connectivity index (χ1v) is 10.7. The van der Waals surface area contributed by atoms with Crippen molar-refractivity contribution in [2.24, 2.45) is 5.92 Å². The minimum absolute atomic E-state index is 0.0333. The van der Waals surface area contributed by atoms with Gasteiger partial charge in [0.25, 0.3) is 0 Å². The molecule has 2 aromatic carbocycles. The van der Waals surface area contributed by atoms with Crippen LogP contribution in [0.15, 0.2) is 58.1 Å². The third-order valence-electron chi connectivity index (χ3n) is 4.97. The number of benzene rings is 2. The van der Waals surface area contributed by atoms with Crippen LogP contribution in [0.1, 0.15) is 31.9 Å². The molecule has 0 unspecified atom stereocenters. The zero-order valence-electron chi connectivity index (χ0n) is 19.1. The van der Waals surface area contributed by atoms with Gasteiger partial charge in [0.15, 0.2) is 0 Å². The fourth-order valence-corrected chi connectivity index (χ4v) is 3.17. The van der Waals surface area contributed by atoms with Gasteiger partial charge in [-0.3, -0.25) is 9.36 Å². The largest absolute Gasteiger partial charge is 0.491 e. The molecule has 1 heterocycles. The molecular weight excluding hydrogens is 424 g/mol. The Kier molecular flexibility index (Phi) is 7.32. The predicted octanol–water partition coefficient (Wildman–Crippen LogP) is 3.01. The van der Waals surface area contributed by atoms with Crippen molar-refractivity contribution in [1.82, 2.24) is 14.1 Å². The van der Waals surface area contributed by atoms with Crippen molar-refractivity contribution < 1.29 is 14.6 Å². The topological polar surface area (TPSA) is 115 Å². The SMILES string of the molecule is Cc1ccc(Cn2c(Nc3ccc(OC(C)C)cc3)nc(=O)n(C[C@H](C)C(=O)O)c2=O)cc1.